The molecule has 0 radical (unpaired) electrons. The largest absolute Gasteiger partial charge is 0.444 e. The molecule has 5 heteroatoms. The number of rotatable bonds is 7. The molecule has 5 nitrogen and oxygen atoms in total. The van der Waals surface area contributed by atoms with Crippen LogP contribution in [0, 0.1) is 0 Å². The third kappa shape index (κ3) is 7.67. The molecule has 1 unspecified atom stereocenters. The Morgan fingerprint density at radius 2 is 2.10 bits per heavy atom. The van der Waals surface area contributed by atoms with Crippen molar-refractivity contribution in [3.05, 3.63) is 0 Å². The normalized spacial score (nSPS) is 19.3. The van der Waals surface area contributed by atoms with Crippen molar-refractivity contribution >= 4 is 6.09 Å². The number of amides is 1. The maximum atomic E-state index is 12.1. The summed E-state index contributed by atoms with van der Waals surface area (Å²) in [5.41, 5.74) is -0.425. The van der Waals surface area contributed by atoms with Gasteiger partial charge in [0.1, 0.15) is 5.60 Å². The summed E-state index contributed by atoms with van der Waals surface area (Å²) in [6.07, 6.45) is 3.21. The van der Waals surface area contributed by atoms with Gasteiger partial charge in [0.15, 0.2) is 0 Å². The summed E-state index contributed by atoms with van der Waals surface area (Å²) in [7, 11) is 0. The second-order valence-corrected chi connectivity index (χ2v) is 6.95. The first-order chi connectivity index (χ1) is 9.79. The predicted octanol–water partition coefficient (Wildman–Crippen LogP) is 2.79. The smallest absolute Gasteiger partial charge is 0.410 e. The van der Waals surface area contributed by atoms with Gasteiger partial charge in [-0.2, -0.15) is 0 Å². The summed E-state index contributed by atoms with van der Waals surface area (Å²) in [6.45, 7) is 13.2. The van der Waals surface area contributed by atoms with Gasteiger partial charge in [-0.3, -0.25) is 0 Å². The van der Waals surface area contributed by atoms with Gasteiger partial charge in [-0.25, -0.2) is 4.79 Å². The molecule has 0 bridgehead atoms. The number of ether oxygens (including phenoxy) is 2. The van der Waals surface area contributed by atoms with Crippen LogP contribution in [0.5, 0.6) is 0 Å². The van der Waals surface area contributed by atoms with Gasteiger partial charge in [0.25, 0.3) is 0 Å². The highest BCUT2D eigenvalue weighted by Gasteiger charge is 2.31. The maximum Gasteiger partial charge on any atom is 0.410 e. The second-order valence-electron chi connectivity index (χ2n) is 6.95. The van der Waals surface area contributed by atoms with E-state index in [4.69, 9.17) is 9.47 Å². The van der Waals surface area contributed by atoms with Crippen molar-refractivity contribution in [3.63, 3.8) is 0 Å². The summed E-state index contributed by atoms with van der Waals surface area (Å²) in [6, 6.07) is 0.255. The van der Waals surface area contributed by atoms with Gasteiger partial charge < -0.3 is 19.7 Å². The molecule has 0 aromatic carbocycles. The Morgan fingerprint density at radius 3 is 2.71 bits per heavy atom. The van der Waals surface area contributed by atoms with Crippen LogP contribution < -0.4 is 5.32 Å². The van der Waals surface area contributed by atoms with Gasteiger partial charge in [-0.1, -0.05) is 0 Å². The third-order valence-corrected chi connectivity index (χ3v) is 3.33. The summed E-state index contributed by atoms with van der Waals surface area (Å²) in [5.74, 6) is 0. The molecule has 1 amide bonds. The van der Waals surface area contributed by atoms with Crippen molar-refractivity contribution in [3.8, 4) is 0 Å². The molecule has 1 N–H and O–H groups in total. The number of carbonyl (C=O) groups is 1. The Bertz CT molecular complexity index is 313. The predicted molar refractivity (Wildman–Crippen MR) is 84.5 cm³/mol. The summed E-state index contributed by atoms with van der Waals surface area (Å²) < 4.78 is 11.0. The van der Waals surface area contributed by atoms with E-state index in [1.807, 2.05) is 39.5 Å². The standard InChI is InChI=1S/C16H32N2O3/c1-13(2)20-11-7-9-17-12-14-8-6-10-18(14)15(19)21-16(3,4)5/h13-14,17H,6-12H2,1-5H3. The fourth-order valence-electron chi connectivity index (χ4n) is 2.39. The van der Waals surface area contributed by atoms with E-state index < -0.39 is 5.60 Å². The van der Waals surface area contributed by atoms with E-state index in [9.17, 15) is 4.79 Å². The van der Waals surface area contributed by atoms with E-state index in [1.165, 1.54) is 0 Å². The van der Waals surface area contributed by atoms with E-state index in [0.717, 1.165) is 45.5 Å². The van der Waals surface area contributed by atoms with Crippen molar-refractivity contribution in [2.75, 3.05) is 26.2 Å². The maximum absolute atomic E-state index is 12.1. The zero-order chi connectivity index (χ0) is 15.9. The zero-order valence-corrected chi connectivity index (χ0v) is 14.3. The fourth-order valence-corrected chi connectivity index (χ4v) is 2.39. The zero-order valence-electron chi connectivity index (χ0n) is 14.3. The van der Waals surface area contributed by atoms with Gasteiger partial charge >= 0.3 is 6.09 Å². The van der Waals surface area contributed by atoms with Crippen LogP contribution in [-0.4, -0.2) is 55.0 Å². The van der Waals surface area contributed by atoms with E-state index in [0.29, 0.717) is 6.10 Å². The molecule has 1 aliphatic heterocycles. The third-order valence-electron chi connectivity index (χ3n) is 3.33. The van der Waals surface area contributed by atoms with Crippen LogP contribution in [-0.2, 0) is 9.47 Å². The molecular formula is C16H32N2O3. The Kier molecular flexibility index (Phi) is 7.46. The van der Waals surface area contributed by atoms with E-state index in [-0.39, 0.29) is 12.1 Å². The minimum atomic E-state index is -0.425. The van der Waals surface area contributed by atoms with Crippen molar-refractivity contribution in [1.82, 2.24) is 10.2 Å². The molecule has 0 aliphatic carbocycles. The quantitative estimate of drug-likeness (QED) is 0.735. The molecule has 1 atom stereocenters. The van der Waals surface area contributed by atoms with Gasteiger partial charge in [0.2, 0.25) is 0 Å². The van der Waals surface area contributed by atoms with E-state index in [2.05, 4.69) is 5.32 Å². The minimum absolute atomic E-state index is 0.185. The van der Waals surface area contributed by atoms with Crippen molar-refractivity contribution in [1.29, 1.82) is 0 Å². The number of nitrogens with one attached hydrogen (secondary N) is 1. The molecule has 1 saturated heterocycles. The van der Waals surface area contributed by atoms with Crippen LogP contribution >= 0.6 is 0 Å². The van der Waals surface area contributed by atoms with Gasteiger partial charge in [-0.15, -0.1) is 0 Å². The van der Waals surface area contributed by atoms with Crippen LogP contribution in [0.25, 0.3) is 0 Å². The van der Waals surface area contributed by atoms with E-state index >= 15 is 0 Å². The number of nitrogens with zero attached hydrogens (tertiary/aromatic N) is 1. The van der Waals surface area contributed by atoms with Gasteiger partial charge in [0.05, 0.1) is 6.10 Å². The highest BCUT2D eigenvalue weighted by molar-refractivity contribution is 5.69. The summed E-state index contributed by atoms with van der Waals surface area (Å²) in [5, 5.41) is 3.42. The Morgan fingerprint density at radius 1 is 1.38 bits per heavy atom. The van der Waals surface area contributed by atoms with Gasteiger partial charge in [0, 0.05) is 25.7 Å². The van der Waals surface area contributed by atoms with Gasteiger partial charge in [-0.05, 0) is 60.4 Å². The first-order valence-electron chi connectivity index (χ1n) is 8.11. The molecule has 0 aromatic rings. The molecule has 1 fully saturated rings. The van der Waals surface area contributed by atoms with Crippen molar-refractivity contribution in [2.45, 2.75) is 71.6 Å². The van der Waals surface area contributed by atoms with Crippen LogP contribution in [0.15, 0.2) is 0 Å². The Hall–Kier alpha value is -0.810. The van der Waals surface area contributed by atoms with Crippen LogP contribution in [0.2, 0.25) is 0 Å². The molecular weight excluding hydrogens is 268 g/mol. The minimum Gasteiger partial charge on any atom is -0.444 e. The topological polar surface area (TPSA) is 50.8 Å². The first kappa shape index (κ1) is 18.2. The highest BCUT2D eigenvalue weighted by Crippen LogP contribution is 2.20. The molecule has 1 heterocycles. The second kappa shape index (κ2) is 8.59. The molecule has 0 saturated carbocycles. The van der Waals surface area contributed by atoms with E-state index in [1.54, 1.807) is 0 Å². The van der Waals surface area contributed by atoms with Crippen LogP contribution in [0.1, 0.15) is 53.9 Å². The molecule has 0 spiro atoms. The summed E-state index contributed by atoms with van der Waals surface area (Å²) >= 11 is 0. The molecule has 21 heavy (non-hydrogen) atoms. The Balaban J connectivity index is 2.23. The van der Waals surface area contributed by atoms with Crippen molar-refractivity contribution in [2.24, 2.45) is 0 Å². The number of hydrogen-bond donors (Lipinski definition) is 1. The molecule has 124 valence electrons. The molecule has 1 rings (SSSR count). The lowest BCUT2D eigenvalue weighted by Gasteiger charge is -2.28. The Labute approximate surface area is 129 Å². The molecule has 0 aromatic heterocycles. The monoisotopic (exact) mass is 300 g/mol. The van der Waals surface area contributed by atoms with Crippen LogP contribution in [0.3, 0.4) is 0 Å². The lowest BCUT2D eigenvalue weighted by Crippen LogP contribution is -2.44. The number of carbonyl (C=O) groups excluding carboxylic acids is 1. The van der Waals surface area contributed by atoms with Crippen LogP contribution in [0.4, 0.5) is 4.79 Å². The SMILES string of the molecule is CC(C)OCCCNCC1CCCN1C(=O)OC(C)(C)C. The first-order valence-corrected chi connectivity index (χ1v) is 8.11. The summed E-state index contributed by atoms with van der Waals surface area (Å²) in [4.78, 5) is 14.0. The number of likely N-dealkylation sites (tertiary alicyclic amines) is 1. The molecule has 1 aliphatic rings. The lowest BCUT2D eigenvalue weighted by molar-refractivity contribution is 0.0225. The lowest BCUT2D eigenvalue weighted by atomic mass is 10.2. The number of hydrogen-bond acceptors (Lipinski definition) is 4. The average Bonchev–Trinajstić information content (AvgIpc) is 2.79. The highest BCUT2D eigenvalue weighted by atomic mass is 16.6. The fraction of sp³-hybridized carbons (Fsp3) is 0.938. The average molecular weight is 300 g/mol. The van der Waals surface area contributed by atoms with Crippen molar-refractivity contribution < 1.29 is 14.3 Å².